The lowest BCUT2D eigenvalue weighted by molar-refractivity contribution is 0.200. The minimum absolute atomic E-state index is 0.254. The van der Waals surface area contributed by atoms with Crippen molar-refractivity contribution >= 4 is 11.4 Å². The fourth-order valence-electron chi connectivity index (χ4n) is 1.95. The summed E-state index contributed by atoms with van der Waals surface area (Å²) >= 11 is 0. The van der Waals surface area contributed by atoms with Gasteiger partial charge >= 0.3 is 0 Å². The molecule has 0 aromatic heterocycles. The zero-order chi connectivity index (χ0) is 13.1. The molecule has 0 saturated carbocycles. The molecule has 2 nitrogen and oxygen atoms in total. The van der Waals surface area contributed by atoms with Crippen LogP contribution < -0.4 is 4.90 Å². The molecule has 94 valence electrons. The summed E-state index contributed by atoms with van der Waals surface area (Å²) in [5.41, 5.74) is 2.65. The summed E-state index contributed by atoms with van der Waals surface area (Å²) in [5.74, 6) is -0.254. The molecule has 1 atom stereocenters. The van der Waals surface area contributed by atoms with E-state index in [9.17, 15) is 9.50 Å². The van der Waals surface area contributed by atoms with E-state index in [4.69, 9.17) is 0 Å². The molecule has 1 N–H and O–H groups in total. The zero-order valence-electron chi connectivity index (χ0n) is 10.5. The number of anilines is 2. The molecule has 2 aromatic carbocycles. The summed E-state index contributed by atoms with van der Waals surface area (Å²) in [6, 6.07) is 13.9. The third-order valence-corrected chi connectivity index (χ3v) is 2.96. The number of rotatable bonds is 3. The van der Waals surface area contributed by atoms with E-state index in [-0.39, 0.29) is 5.82 Å². The molecule has 0 aliphatic carbocycles. The molecule has 2 rings (SSSR count). The van der Waals surface area contributed by atoms with E-state index in [1.165, 1.54) is 12.1 Å². The number of aliphatic hydroxyl groups is 1. The van der Waals surface area contributed by atoms with Crippen molar-refractivity contribution in [2.75, 3.05) is 11.9 Å². The van der Waals surface area contributed by atoms with Gasteiger partial charge in [-0.3, -0.25) is 0 Å². The first-order chi connectivity index (χ1) is 8.59. The van der Waals surface area contributed by atoms with E-state index in [0.717, 1.165) is 16.9 Å². The highest BCUT2D eigenvalue weighted by molar-refractivity contribution is 5.66. The molecule has 0 bridgehead atoms. The van der Waals surface area contributed by atoms with Crippen molar-refractivity contribution in [2.45, 2.75) is 13.0 Å². The minimum atomic E-state index is -0.538. The van der Waals surface area contributed by atoms with Gasteiger partial charge in [-0.25, -0.2) is 4.39 Å². The summed E-state index contributed by atoms with van der Waals surface area (Å²) in [5, 5.41) is 9.76. The maximum atomic E-state index is 12.9. The van der Waals surface area contributed by atoms with Crippen LogP contribution in [0.5, 0.6) is 0 Å². The van der Waals surface area contributed by atoms with Crippen molar-refractivity contribution in [2.24, 2.45) is 0 Å². The maximum Gasteiger partial charge on any atom is 0.123 e. The lowest BCUT2D eigenvalue weighted by Gasteiger charge is -2.23. The summed E-state index contributed by atoms with van der Waals surface area (Å²) in [6.45, 7) is 1.73. The quantitative estimate of drug-likeness (QED) is 0.892. The van der Waals surface area contributed by atoms with Gasteiger partial charge < -0.3 is 10.0 Å². The molecule has 0 radical (unpaired) electrons. The van der Waals surface area contributed by atoms with Gasteiger partial charge in [-0.05, 0) is 37.3 Å². The number of hydrogen-bond acceptors (Lipinski definition) is 2. The highest BCUT2D eigenvalue weighted by atomic mass is 19.1. The Hall–Kier alpha value is -1.87. The van der Waals surface area contributed by atoms with Gasteiger partial charge in [0, 0.05) is 24.0 Å². The van der Waals surface area contributed by atoms with E-state index >= 15 is 0 Å². The number of nitrogens with zero attached hydrogens (tertiary/aromatic N) is 1. The van der Waals surface area contributed by atoms with Crippen molar-refractivity contribution in [1.82, 2.24) is 0 Å². The second-order valence-electron chi connectivity index (χ2n) is 4.27. The molecular formula is C15H16FNO. The van der Waals surface area contributed by atoms with E-state index < -0.39 is 6.10 Å². The number of aliphatic hydroxyl groups excluding tert-OH is 1. The van der Waals surface area contributed by atoms with Crippen LogP contribution in [0, 0.1) is 5.82 Å². The fourth-order valence-corrected chi connectivity index (χ4v) is 1.95. The summed E-state index contributed by atoms with van der Waals surface area (Å²) in [6.07, 6.45) is -0.538. The zero-order valence-corrected chi connectivity index (χ0v) is 10.5. The lowest BCUT2D eigenvalue weighted by Crippen LogP contribution is -2.12. The summed E-state index contributed by atoms with van der Waals surface area (Å²) in [7, 11) is 1.90. The van der Waals surface area contributed by atoms with Crippen molar-refractivity contribution in [3.8, 4) is 0 Å². The van der Waals surface area contributed by atoms with Crippen molar-refractivity contribution in [3.63, 3.8) is 0 Å². The molecule has 0 heterocycles. The van der Waals surface area contributed by atoms with Crippen LogP contribution in [0.2, 0.25) is 0 Å². The average molecular weight is 245 g/mol. The van der Waals surface area contributed by atoms with E-state index in [1.54, 1.807) is 19.1 Å². The molecular weight excluding hydrogens is 229 g/mol. The Kier molecular flexibility index (Phi) is 3.63. The number of para-hydroxylation sites is 1. The molecule has 0 amide bonds. The Morgan fingerprint density at radius 1 is 1.06 bits per heavy atom. The molecule has 0 saturated heterocycles. The van der Waals surface area contributed by atoms with Crippen molar-refractivity contribution in [3.05, 3.63) is 59.9 Å². The first-order valence-corrected chi connectivity index (χ1v) is 5.86. The van der Waals surface area contributed by atoms with Gasteiger partial charge in [0.1, 0.15) is 5.82 Å². The predicted octanol–water partition coefficient (Wildman–Crippen LogP) is 3.65. The highest BCUT2D eigenvalue weighted by Gasteiger charge is 2.12. The van der Waals surface area contributed by atoms with E-state index in [0.29, 0.717) is 0 Å². The van der Waals surface area contributed by atoms with Crippen LogP contribution in [0.15, 0.2) is 48.5 Å². The van der Waals surface area contributed by atoms with Crippen LogP contribution in [0.4, 0.5) is 15.8 Å². The first-order valence-electron chi connectivity index (χ1n) is 5.86. The smallest absolute Gasteiger partial charge is 0.123 e. The van der Waals surface area contributed by atoms with Gasteiger partial charge in [0.25, 0.3) is 0 Å². The average Bonchev–Trinajstić information content (AvgIpc) is 2.39. The van der Waals surface area contributed by atoms with Crippen LogP contribution in [0.3, 0.4) is 0 Å². The van der Waals surface area contributed by atoms with E-state index in [1.807, 2.05) is 36.2 Å². The molecule has 0 unspecified atom stereocenters. The third kappa shape index (κ3) is 2.51. The third-order valence-electron chi connectivity index (χ3n) is 2.96. The predicted molar refractivity (Wildman–Crippen MR) is 71.5 cm³/mol. The Morgan fingerprint density at radius 2 is 1.67 bits per heavy atom. The first kappa shape index (κ1) is 12.6. The van der Waals surface area contributed by atoms with Gasteiger partial charge in [-0.2, -0.15) is 0 Å². The summed E-state index contributed by atoms with van der Waals surface area (Å²) < 4.78 is 12.9. The Bertz CT molecular complexity index is 522. The highest BCUT2D eigenvalue weighted by Crippen LogP contribution is 2.30. The molecule has 0 aliphatic heterocycles. The monoisotopic (exact) mass is 245 g/mol. The SMILES string of the molecule is C[C@H](O)c1ccccc1N(C)c1ccc(F)cc1. The molecule has 0 aliphatic rings. The number of halogens is 1. The second-order valence-corrected chi connectivity index (χ2v) is 4.27. The number of benzene rings is 2. The number of hydrogen-bond donors (Lipinski definition) is 1. The van der Waals surface area contributed by atoms with Gasteiger partial charge in [0.15, 0.2) is 0 Å². The van der Waals surface area contributed by atoms with Crippen LogP contribution in [0.1, 0.15) is 18.6 Å². The van der Waals surface area contributed by atoms with Gasteiger partial charge in [0.2, 0.25) is 0 Å². The van der Waals surface area contributed by atoms with Gasteiger partial charge in [0.05, 0.1) is 6.10 Å². The topological polar surface area (TPSA) is 23.5 Å². The Labute approximate surface area is 106 Å². The van der Waals surface area contributed by atoms with Crippen LogP contribution >= 0.6 is 0 Å². The van der Waals surface area contributed by atoms with Crippen LogP contribution in [-0.4, -0.2) is 12.2 Å². The Morgan fingerprint density at radius 3 is 2.28 bits per heavy atom. The van der Waals surface area contributed by atoms with Gasteiger partial charge in [-0.1, -0.05) is 18.2 Å². The minimum Gasteiger partial charge on any atom is -0.389 e. The Balaban J connectivity index is 2.39. The maximum absolute atomic E-state index is 12.9. The van der Waals surface area contributed by atoms with Crippen LogP contribution in [-0.2, 0) is 0 Å². The molecule has 0 fully saturated rings. The summed E-state index contributed by atoms with van der Waals surface area (Å²) in [4.78, 5) is 1.93. The molecule has 2 aromatic rings. The second kappa shape index (κ2) is 5.19. The van der Waals surface area contributed by atoms with Crippen molar-refractivity contribution < 1.29 is 9.50 Å². The fraction of sp³-hybridized carbons (Fsp3) is 0.200. The van der Waals surface area contributed by atoms with Crippen molar-refractivity contribution in [1.29, 1.82) is 0 Å². The molecule has 3 heteroatoms. The lowest BCUT2D eigenvalue weighted by atomic mass is 10.1. The van der Waals surface area contributed by atoms with Gasteiger partial charge in [-0.15, -0.1) is 0 Å². The molecule has 18 heavy (non-hydrogen) atoms. The largest absolute Gasteiger partial charge is 0.389 e. The standard InChI is InChI=1S/C15H16FNO/c1-11(18)14-5-3-4-6-15(14)17(2)13-9-7-12(16)8-10-13/h3-11,18H,1-2H3/t11-/m0/s1. The molecule has 0 spiro atoms. The normalized spacial score (nSPS) is 12.2. The van der Waals surface area contributed by atoms with Crippen LogP contribution in [0.25, 0.3) is 0 Å². The van der Waals surface area contributed by atoms with E-state index in [2.05, 4.69) is 0 Å².